The smallest absolute Gasteiger partial charge is 0.0705 e. The average Bonchev–Trinajstić information content (AvgIpc) is 3.59. The molecule has 35 heavy (non-hydrogen) atoms. The van der Waals surface area contributed by atoms with Crippen LogP contribution in [-0.2, 0) is 0 Å². The van der Waals surface area contributed by atoms with E-state index in [0.29, 0.717) is 5.92 Å². The molecule has 0 spiro atoms. The fourth-order valence-electron chi connectivity index (χ4n) is 9.34. The zero-order valence-corrected chi connectivity index (χ0v) is 24.2. The fraction of sp³-hybridized carbons (Fsp3) is 0.581. The lowest BCUT2D eigenvalue weighted by atomic mass is 9.72. The quantitative estimate of drug-likeness (QED) is 0.377. The van der Waals surface area contributed by atoms with Gasteiger partial charge in [0.05, 0.1) is 13.6 Å². The highest BCUT2D eigenvalue weighted by Gasteiger charge is 2.62. The third-order valence-corrected chi connectivity index (χ3v) is 19.0. The summed E-state index contributed by atoms with van der Waals surface area (Å²) in [5, 5.41) is 2.98. The van der Waals surface area contributed by atoms with Crippen molar-refractivity contribution in [3.63, 3.8) is 0 Å². The maximum absolute atomic E-state index is 5.22. The standard InChI is InChI=1S/C31H39NS2Si/c1-18-16-24-25-17-19(2)34-30(25)31(29(24)33-18)35(3,4)28-15-13-21-22(9-7-10-23(21)28)27-14-12-20-8-5-6-11-26(20)32-27/h5-6,8,11-12,14,16-17,21-25,28-31H,7,9-10,13,15H2,1-4H3. The number of thioether (sulfide) groups is 2. The molecule has 0 bridgehead atoms. The van der Waals surface area contributed by atoms with Crippen LogP contribution in [0.4, 0.5) is 0 Å². The van der Waals surface area contributed by atoms with Gasteiger partial charge in [0.2, 0.25) is 0 Å². The second kappa shape index (κ2) is 8.53. The zero-order valence-electron chi connectivity index (χ0n) is 21.6. The number of hydrogen-bond donors (Lipinski definition) is 0. The van der Waals surface area contributed by atoms with Gasteiger partial charge in [-0.3, -0.25) is 4.98 Å². The van der Waals surface area contributed by atoms with Gasteiger partial charge in [0.25, 0.3) is 0 Å². The van der Waals surface area contributed by atoms with Crippen LogP contribution in [0.15, 0.2) is 58.4 Å². The minimum absolute atomic E-state index is 0.673. The Kier molecular flexibility index (Phi) is 5.64. The van der Waals surface area contributed by atoms with Crippen molar-refractivity contribution in [3.05, 3.63) is 64.1 Å². The van der Waals surface area contributed by atoms with Crippen LogP contribution in [0.25, 0.3) is 10.9 Å². The van der Waals surface area contributed by atoms with Crippen LogP contribution >= 0.6 is 23.5 Å². The molecule has 0 saturated heterocycles. The predicted octanol–water partition coefficient (Wildman–Crippen LogP) is 9.26. The van der Waals surface area contributed by atoms with Crippen molar-refractivity contribution >= 4 is 42.5 Å². The molecule has 3 aliphatic carbocycles. The minimum atomic E-state index is -1.48. The van der Waals surface area contributed by atoms with Gasteiger partial charge < -0.3 is 0 Å². The number of pyridine rings is 1. The predicted molar refractivity (Wildman–Crippen MR) is 157 cm³/mol. The van der Waals surface area contributed by atoms with Crippen molar-refractivity contribution in [1.29, 1.82) is 0 Å². The molecule has 1 aromatic heterocycles. The van der Waals surface area contributed by atoms with E-state index in [1.807, 2.05) is 0 Å². The lowest BCUT2D eigenvalue weighted by molar-refractivity contribution is 0.233. The van der Waals surface area contributed by atoms with Crippen molar-refractivity contribution in [2.45, 2.75) is 86.5 Å². The largest absolute Gasteiger partial charge is 0.253 e. The molecular formula is C31H39NS2Si. The maximum Gasteiger partial charge on any atom is 0.0705 e. The van der Waals surface area contributed by atoms with Crippen molar-refractivity contribution in [3.8, 4) is 0 Å². The van der Waals surface area contributed by atoms with Crippen molar-refractivity contribution in [2.75, 3.05) is 0 Å². The van der Waals surface area contributed by atoms with Crippen LogP contribution in [0, 0.1) is 23.7 Å². The number of benzene rings is 1. The molecule has 5 aliphatic rings. The zero-order chi connectivity index (χ0) is 23.9. The Bertz CT molecular complexity index is 1190. The number of hydrogen-bond acceptors (Lipinski definition) is 3. The van der Waals surface area contributed by atoms with Crippen LogP contribution in [-0.4, -0.2) is 23.6 Å². The van der Waals surface area contributed by atoms with Crippen LogP contribution in [0.3, 0.4) is 0 Å². The number of allylic oxidation sites excluding steroid dienone is 4. The van der Waals surface area contributed by atoms with Gasteiger partial charge in [0.15, 0.2) is 0 Å². The molecule has 7 rings (SSSR count). The van der Waals surface area contributed by atoms with Gasteiger partial charge in [-0.05, 0) is 83.4 Å². The van der Waals surface area contributed by atoms with Crippen LogP contribution in [0.2, 0.25) is 24.2 Å². The molecule has 3 fully saturated rings. The SMILES string of the molecule is CC1=CC2C3C=C(C)SC3C([Si](C)(C)C3CCC4C(c5ccc6ccccc6n5)CCCC43)C2S1. The van der Waals surface area contributed by atoms with Gasteiger partial charge in [0.1, 0.15) is 0 Å². The number of rotatable bonds is 3. The van der Waals surface area contributed by atoms with E-state index < -0.39 is 8.07 Å². The maximum atomic E-state index is 5.22. The van der Waals surface area contributed by atoms with E-state index in [2.05, 4.69) is 99.0 Å². The summed E-state index contributed by atoms with van der Waals surface area (Å²) in [7, 11) is -1.48. The summed E-state index contributed by atoms with van der Waals surface area (Å²) in [6.45, 7) is 10.4. The molecule has 0 radical (unpaired) electrons. The van der Waals surface area contributed by atoms with Crippen molar-refractivity contribution in [2.24, 2.45) is 23.7 Å². The third-order valence-electron chi connectivity index (χ3n) is 10.7. The van der Waals surface area contributed by atoms with Crippen LogP contribution in [0.5, 0.6) is 0 Å². The second-order valence-corrected chi connectivity index (χ2v) is 20.6. The minimum Gasteiger partial charge on any atom is -0.253 e. The Morgan fingerprint density at radius 3 is 2.26 bits per heavy atom. The van der Waals surface area contributed by atoms with Gasteiger partial charge in [-0.2, -0.15) is 0 Å². The number of aromatic nitrogens is 1. The second-order valence-electron chi connectivity index (χ2n) is 12.7. The van der Waals surface area contributed by atoms with E-state index >= 15 is 0 Å². The van der Waals surface area contributed by atoms with E-state index in [1.165, 1.54) is 48.7 Å². The highest BCUT2D eigenvalue weighted by molar-refractivity contribution is 8.05. The van der Waals surface area contributed by atoms with Gasteiger partial charge in [0, 0.05) is 27.5 Å². The summed E-state index contributed by atoms with van der Waals surface area (Å²) in [5.41, 5.74) is 4.50. The Hall–Kier alpha value is -0.973. The number of nitrogens with zero attached hydrogens (tertiary/aromatic N) is 1. The molecule has 1 aromatic carbocycles. The first kappa shape index (κ1) is 23.2. The molecule has 8 atom stereocenters. The van der Waals surface area contributed by atoms with E-state index in [9.17, 15) is 0 Å². The molecule has 2 aromatic rings. The molecule has 0 N–H and O–H groups in total. The number of para-hydroxylation sites is 1. The highest BCUT2D eigenvalue weighted by Crippen LogP contribution is 2.68. The normalized spacial score (nSPS) is 40.4. The van der Waals surface area contributed by atoms with E-state index in [4.69, 9.17) is 4.98 Å². The molecule has 0 amide bonds. The first-order valence-corrected chi connectivity index (χ1v) is 18.9. The summed E-state index contributed by atoms with van der Waals surface area (Å²) in [6.07, 6.45) is 12.5. The summed E-state index contributed by atoms with van der Waals surface area (Å²) in [4.78, 5) is 8.41. The lowest BCUT2D eigenvalue weighted by Gasteiger charge is -2.46. The summed E-state index contributed by atoms with van der Waals surface area (Å²) < 4.78 is 0. The molecule has 3 saturated carbocycles. The molecule has 184 valence electrons. The molecule has 3 heterocycles. The van der Waals surface area contributed by atoms with E-state index in [1.54, 1.807) is 9.81 Å². The van der Waals surface area contributed by atoms with E-state index in [0.717, 1.165) is 45.3 Å². The Morgan fingerprint density at radius 1 is 0.800 bits per heavy atom. The topological polar surface area (TPSA) is 12.9 Å². The van der Waals surface area contributed by atoms with Gasteiger partial charge >= 0.3 is 0 Å². The number of fused-ring (bicyclic) bond motifs is 5. The monoisotopic (exact) mass is 517 g/mol. The fourth-order valence-corrected chi connectivity index (χ4v) is 19.8. The first-order chi connectivity index (χ1) is 16.9. The van der Waals surface area contributed by atoms with Gasteiger partial charge in [-0.25, -0.2) is 0 Å². The summed E-state index contributed by atoms with van der Waals surface area (Å²) in [5.74, 6) is 4.05. The first-order valence-electron chi connectivity index (χ1n) is 14.0. The Morgan fingerprint density at radius 2 is 1.51 bits per heavy atom. The highest BCUT2D eigenvalue weighted by atomic mass is 32.2. The van der Waals surface area contributed by atoms with Gasteiger partial charge in [-0.15, -0.1) is 23.5 Å². The summed E-state index contributed by atoms with van der Waals surface area (Å²) >= 11 is 4.52. The van der Waals surface area contributed by atoms with Crippen LogP contribution in [0.1, 0.15) is 57.6 Å². The van der Waals surface area contributed by atoms with Crippen molar-refractivity contribution < 1.29 is 0 Å². The molecule has 1 nitrogen and oxygen atoms in total. The van der Waals surface area contributed by atoms with Gasteiger partial charge in [-0.1, -0.05) is 68.8 Å². The molecule has 4 heteroatoms. The molecular weight excluding hydrogens is 479 g/mol. The van der Waals surface area contributed by atoms with E-state index in [-0.39, 0.29) is 0 Å². The van der Waals surface area contributed by atoms with Crippen molar-refractivity contribution in [1.82, 2.24) is 4.98 Å². The molecule has 2 aliphatic heterocycles. The average molecular weight is 518 g/mol. The lowest BCUT2D eigenvalue weighted by Crippen LogP contribution is -2.46. The molecule has 8 unspecified atom stereocenters. The van der Waals surface area contributed by atoms with Crippen LogP contribution < -0.4 is 0 Å². The summed E-state index contributed by atoms with van der Waals surface area (Å²) in [6, 6.07) is 13.4. The Labute approximate surface area is 221 Å². The third kappa shape index (κ3) is 3.60. The Balaban J connectivity index is 1.18.